The highest BCUT2D eigenvalue weighted by molar-refractivity contribution is 6.74. The maximum Gasteiger partial charge on any atom is 0.192 e. The van der Waals surface area contributed by atoms with Crippen LogP contribution in [0.3, 0.4) is 0 Å². The molecule has 0 spiro atoms. The molecule has 0 radical (unpaired) electrons. The Bertz CT molecular complexity index is 2050. The van der Waals surface area contributed by atoms with E-state index in [-0.39, 0.29) is 18.3 Å². The van der Waals surface area contributed by atoms with E-state index in [1.54, 1.807) is 48.5 Å². The second-order valence-corrected chi connectivity index (χ2v) is 16.0. The molecule has 0 saturated carbocycles. The fourth-order valence-corrected chi connectivity index (χ4v) is 4.37. The summed E-state index contributed by atoms with van der Waals surface area (Å²) in [5, 5.41) is 11.5. The average molecular weight is 659 g/mol. The number of hydrogen-bond acceptors (Lipinski definition) is 5. The second-order valence-electron chi connectivity index (χ2n) is 11.2. The highest BCUT2D eigenvalue weighted by atomic mass is 28.4. The monoisotopic (exact) mass is 658 g/mol. The van der Waals surface area contributed by atoms with Crippen molar-refractivity contribution in [3.8, 4) is 131 Å². The van der Waals surface area contributed by atoms with Gasteiger partial charge in [-0.25, -0.2) is 0 Å². The predicted molar refractivity (Wildman–Crippen MR) is 196 cm³/mol. The Morgan fingerprint density at radius 1 is 0.571 bits per heavy atom. The van der Waals surface area contributed by atoms with Gasteiger partial charge in [0.2, 0.25) is 0 Å². The molecule has 0 aromatic heterocycles. The molecule has 2 rings (SSSR count). The molecule has 0 amide bonds. The van der Waals surface area contributed by atoms with Crippen molar-refractivity contribution in [1.29, 1.82) is 0 Å². The van der Waals surface area contributed by atoms with Gasteiger partial charge < -0.3 is 23.7 Å². The third-order valence-corrected chi connectivity index (χ3v) is 11.4. The van der Waals surface area contributed by atoms with Gasteiger partial charge in [-0.05, 0) is 89.8 Å². The van der Waals surface area contributed by atoms with E-state index in [2.05, 4.69) is 141 Å². The van der Waals surface area contributed by atoms with Crippen LogP contribution in [0.5, 0.6) is 11.5 Å². The van der Waals surface area contributed by atoms with Gasteiger partial charge >= 0.3 is 0 Å². The number of hydrogen-bond donors (Lipinski definition) is 1. The van der Waals surface area contributed by atoms with E-state index in [1.165, 1.54) is 0 Å². The minimum Gasteiger partial charge on any atom is -0.491 e. The Morgan fingerprint density at radius 2 is 0.959 bits per heavy atom. The lowest BCUT2D eigenvalue weighted by atomic mass is 9.87. The zero-order chi connectivity index (χ0) is 35.9. The van der Waals surface area contributed by atoms with Crippen LogP contribution in [0.15, 0.2) is 48.5 Å². The van der Waals surface area contributed by atoms with Crippen molar-refractivity contribution >= 4 is 8.32 Å². The van der Waals surface area contributed by atoms with Gasteiger partial charge in [-0.1, -0.05) is 51.0 Å². The number of terminal acetylenes is 2. The van der Waals surface area contributed by atoms with Crippen molar-refractivity contribution in [2.75, 3.05) is 26.4 Å². The molecule has 0 aliphatic carbocycles. The fourth-order valence-electron chi connectivity index (χ4n) is 3.35. The summed E-state index contributed by atoms with van der Waals surface area (Å²) in [7, 11) is -1.83. The lowest BCUT2D eigenvalue weighted by Crippen LogP contribution is -2.41. The molecule has 0 bridgehead atoms. The van der Waals surface area contributed by atoms with Crippen LogP contribution >= 0.6 is 0 Å². The second kappa shape index (κ2) is 20.6. The largest absolute Gasteiger partial charge is 0.491 e. The third-order valence-electron chi connectivity index (χ3n) is 6.90. The van der Waals surface area contributed by atoms with Crippen molar-refractivity contribution in [2.45, 2.75) is 44.5 Å². The zero-order valence-corrected chi connectivity index (χ0v) is 29.2. The summed E-state index contributed by atoms with van der Waals surface area (Å²) >= 11 is 0. The average Bonchev–Trinajstić information content (AvgIpc) is 3.09. The number of ether oxygens (including phenoxy) is 3. The molecule has 6 heteroatoms. The van der Waals surface area contributed by atoms with Gasteiger partial charge in [0.05, 0.1) is 6.61 Å². The molecule has 5 nitrogen and oxygen atoms in total. The molecule has 0 aliphatic heterocycles. The van der Waals surface area contributed by atoms with Crippen molar-refractivity contribution in [2.24, 2.45) is 0 Å². The van der Waals surface area contributed by atoms with Crippen LogP contribution in [-0.2, 0) is 14.8 Å². The third kappa shape index (κ3) is 14.3. The first-order chi connectivity index (χ1) is 23.5. The molecule has 2 aromatic rings. The topological polar surface area (TPSA) is 57.2 Å². The van der Waals surface area contributed by atoms with Gasteiger partial charge in [-0.3, -0.25) is 0 Å². The van der Waals surface area contributed by atoms with E-state index in [9.17, 15) is 5.11 Å². The van der Waals surface area contributed by atoms with Crippen molar-refractivity contribution < 1.29 is 23.7 Å². The van der Waals surface area contributed by atoms with Gasteiger partial charge in [0.25, 0.3) is 0 Å². The van der Waals surface area contributed by atoms with Gasteiger partial charge in [-0.15, -0.1) is 12.8 Å². The fraction of sp³-hybridized carbons (Fsp3) is 0.256. The normalized spacial score (nSPS) is 10.3. The molecule has 240 valence electrons. The molecule has 0 aliphatic rings. The van der Waals surface area contributed by atoms with Crippen LogP contribution in [0.25, 0.3) is 0 Å². The molecule has 0 saturated heterocycles. The van der Waals surface area contributed by atoms with Gasteiger partial charge in [-0.2, -0.15) is 0 Å². The van der Waals surface area contributed by atoms with Crippen LogP contribution in [0.1, 0.15) is 31.9 Å². The Labute approximate surface area is 293 Å². The molecule has 1 N–H and O–H groups in total. The SMILES string of the molecule is C#CC#CC#CC#CC#CC#CC#CC#CC#COCCOc1ccc(C(O)(C#C)c2ccc(OCCO[Si](C)(C)C(C)(C)C)cc2)cc1. The molecule has 1 unspecified atom stereocenters. The summed E-state index contributed by atoms with van der Waals surface area (Å²) in [5.74, 6) is 43.2. The van der Waals surface area contributed by atoms with Crippen LogP contribution in [0.4, 0.5) is 0 Å². The minimum absolute atomic E-state index is 0.139. The van der Waals surface area contributed by atoms with Crippen LogP contribution in [-0.4, -0.2) is 39.9 Å². The van der Waals surface area contributed by atoms with Crippen molar-refractivity contribution in [3.63, 3.8) is 0 Å². The van der Waals surface area contributed by atoms with Gasteiger partial charge in [0.15, 0.2) is 13.9 Å². The summed E-state index contributed by atoms with van der Waals surface area (Å²) in [6.45, 7) is 12.4. The smallest absolute Gasteiger partial charge is 0.192 e. The van der Waals surface area contributed by atoms with E-state index >= 15 is 0 Å². The van der Waals surface area contributed by atoms with Crippen LogP contribution < -0.4 is 9.47 Å². The highest BCUT2D eigenvalue weighted by Crippen LogP contribution is 2.36. The molecular formula is C43H34O5Si. The van der Waals surface area contributed by atoms with E-state index in [1.807, 2.05) is 0 Å². The summed E-state index contributed by atoms with van der Waals surface area (Å²) in [6.07, 6.45) is 13.2. The number of rotatable bonds is 11. The van der Waals surface area contributed by atoms with Gasteiger partial charge in [0, 0.05) is 58.5 Å². The standard InChI is InChI=1S/C43H34O5Si/c1-8-10-11-12-13-14-15-16-17-18-19-20-21-22-23-24-33-45-34-35-46-40-29-25-38(26-30-40)43(44,9-2)39-27-31-41(32-28-39)47-36-37-48-49(6,7)42(3,4)5/h1-2,25-32,44H,34-37H2,3-7H3. The predicted octanol–water partition coefficient (Wildman–Crippen LogP) is 4.97. The first-order valence-electron chi connectivity index (χ1n) is 14.9. The van der Waals surface area contributed by atoms with Crippen LogP contribution in [0, 0.1) is 120 Å². The number of aliphatic hydroxyl groups is 1. The Kier molecular flexibility index (Phi) is 16.3. The molecule has 0 fully saturated rings. The maximum absolute atomic E-state index is 11.4. The van der Waals surface area contributed by atoms with Gasteiger partial charge in [0.1, 0.15) is 37.4 Å². The number of benzene rings is 2. The van der Waals surface area contributed by atoms with E-state index in [0.717, 1.165) is 0 Å². The summed E-state index contributed by atoms with van der Waals surface area (Å²) in [5.41, 5.74) is -0.553. The first-order valence-corrected chi connectivity index (χ1v) is 17.8. The van der Waals surface area contributed by atoms with E-state index in [4.69, 9.17) is 31.5 Å². The maximum atomic E-state index is 11.4. The van der Waals surface area contributed by atoms with Crippen molar-refractivity contribution in [1.82, 2.24) is 0 Å². The van der Waals surface area contributed by atoms with E-state index in [0.29, 0.717) is 35.8 Å². The summed E-state index contributed by atoms with van der Waals surface area (Å²) < 4.78 is 22.9. The Hall–Kier alpha value is -6.42. The lowest BCUT2D eigenvalue weighted by molar-refractivity contribution is 0.145. The molecule has 0 heterocycles. The summed E-state index contributed by atoms with van der Waals surface area (Å²) in [6, 6.07) is 14.0. The molecular weight excluding hydrogens is 625 g/mol. The Morgan fingerprint density at radius 3 is 1.35 bits per heavy atom. The van der Waals surface area contributed by atoms with Crippen molar-refractivity contribution in [3.05, 3.63) is 59.7 Å². The van der Waals surface area contributed by atoms with E-state index < -0.39 is 13.9 Å². The molecule has 49 heavy (non-hydrogen) atoms. The lowest BCUT2D eigenvalue weighted by Gasteiger charge is -2.36. The summed E-state index contributed by atoms with van der Waals surface area (Å²) in [4.78, 5) is 0. The highest BCUT2D eigenvalue weighted by Gasteiger charge is 2.37. The zero-order valence-electron chi connectivity index (χ0n) is 28.2. The van der Waals surface area contributed by atoms with Crippen LogP contribution in [0.2, 0.25) is 18.1 Å². The first kappa shape index (κ1) is 38.8. The Balaban J connectivity index is 1.78. The quantitative estimate of drug-likeness (QED) is 0.210. The minimum atomic E-state index is -1.83. The molecule has 2 aromatic carbocycles. The molecule has 1 atom stereocenters.